The van der Waals surface area contributed by atoms with E-state index < -0.39 is 0 Å². The first kappa shape index (κ1) is 15.4. The molecular weight excluding hydrogens is 310 g/mol. The Morgan fingerprint density at radius 2 is 1.84 bits per heavy atom. The predicted molar refractivity (Wildman–Crippen MR) is 102 cm³/mol. The number of fused-ring (bicyclic) bond motifs is 3. The average molecular weight is 329 g/mol. The van der Waals surface area contributed by atoms with Crippen molar-refractivity contribution in [1.29, 1.82) is 0 Å². The number of hydrogen-bond acceptors (Lipinski definition) is 2. The van der Waals surface area contributed by atoms with Crippen molar-refractivity contribution >= 4 is 33.4 Å². The van der Waals surface area contributed by atoms with Crippen molar-refractivity contribution in [2.75, 3.05) is 5.32 Å². The third-order valence-electron chi connectivity index (χ3n) is 4.52. The maximum absolute atomic E-state index is 12.4. The van der Waals surface area contributed by atoms with Crippen molar-refractivity contribution < 1.29 is 4.79 Å². The molecule has 0 aliphatic carbocycles. The van der Waals surface area contributed by atoms with Crippen LogP contribution in [-0.4, -0.2) is 15.5 Å². The Morgan fingerprint density at radius 1 is 1.04 bits per heavy atom. The van der Waals surface area contributed by atoms with Crippen molar-refractivity contribution in [1.82, 2.24) is 9.55 Å². The molecule has 0 spiro atoms. The van der Waals surface area contributed by atoms with Crippen molar-refractivity contribution in [2.24, 2.45) is 0 Å². The van der Waals surface area contributed by atoms with Crippen molar-refractivity contribution in [3.8, 4) is 0 Å². The van der Waals surface area contributed by atoms with Crippen LogP contribution in [0.1, 0.15) is 23.0 Å². The second-order valence-corrected chi connectivity index (χ2v) is 6.14. The van der Waals surface area contributed by atoms with Gasteiger partial charge in [0.25, 0.3) is 5.91 Å². The second-order valence-electron chi connectivity index (χ2n) is 6.14. The highest BCUT2D eigenvalue weighted by Gasteiger charge is 2.11. The number of para-hydroxylation sites is 1. The van der Waals surface area contributed by atoms with Gasteiger partial charge in [0.15, 0.2) is 0 Å². The van der Waals surface area contributed by atoms with Gasteiger partial charge in [0.1, 0.15) is 0 Å². The molecule has 0 aliphatic heterocycles. The van der Waals surface area contributed by atoms with Gasteiger partial charge in [-0.3, -0.25) is 9.78 Å². The molecule has 124 valence electrons. The van der Waals surface area contributed by atoms with E-state index in [0.717, 1.165) is 23.3 Å². The molecule has 0 saturated heterocycles. The van der Waals surface area contributed by atoms with Gasteiger partial charge in [0.05, 0.1) is 5.56 Å². The molecule has 0 saturated carbocycles. The molecule has 0 fully saturated rings. The number of carbonyl (C=O) groups excluding carboxylic acids is 1. The number of benzene rings is 2. The van der Waals surface area contributed by atoms with Gasteiger partial charge in [-0.15, -0.1) is 0 Å². The first-order valence-electron chi connectivity index (χ1n) is 8.42. The molecule has 1 amide bonds. The van der Waals surface area contributed by atoms with Crippen LogP contribution in [-0.2, 0) is 6.54 Å². The molecule has 0 bridgehead atoms. The lowest BCUT2D eigenvalue weighted by molar-refractivity contribution is 0.102. The number of nitrogens with zero attached hydrogens (tertiary/aromatic N) is 2. The monoisotopic (exact) mass is 329 g/mol. The van der Waals surface area contributed by atoms with Crippen LogP contribution < -0.4 is 5.32 Å². The zero-order valence-electron chi connectivity index (χ0n) is 14.3. The van der Waals surface area contributed by atoms with Gasteiger partial charge < -0.3 is 9.88 Å². The number of nitrogens with one attached hydrogen (secondary N) is 1. The Hall–Kier alpha value is -3.14. The van der Waals surface area contributed by atoms with Crippen LogP contribution in [0.4, 0.5) is 5.69 Å². The number of pyridine rings is 1. The summed E-state index contributed by atoms with van der Waals surface area (Å²) < 4.78 is 2.29. The van der Waals surface area contributed by atoms with Crippen LogP contribution in [0.5, 0.6) is 0 Å². The summed E-state index contributed by atoms with van der Waals surface area (Å²) in [6.07, 6.45) is 1.60. The molecule has 0 unspecified atom stereocenters. The third kappa shape index (κ3) is 2.66. The number of anilines is 1. The molecule has 4 heteroatoms. The minimum atomic E-state index is -0.147. The van der Waals surface area contributed by atoms with Crippen molar-refractivity contribution in [2.45, 2.75) is 20.4 Å². The van der Waals surface area contributed by atoms with Gasteiger partial charge >= 0.3 is 0 Å². The number of carbonyl (C=O) groups is 1. The van der Waals surface area contributed by atoms with Crippen molar-refractivity contribution in [3.05, 3.63) is 72.1 Å². The van der Waals surface area contributed by atoms with E-state index in [1.807, 2.05) is 31.2 Å². The van der Waals surface area contributed by atoms with Crippen LogP contribution in [0.2, 0.25) is 0 Å². The molecule has 2 heterocycles. The Morgan fingerprint density at radius 3 is 2.60 bits per heavy atom. The Labute approximate surface area is 146 Å². The topological polar surface area (TPSA) is 46.9 Å². The SMILES string of the molecule is CCn1c2ccccc2c2cc(NC(=O)c3ccc(C)nc3)ccc21. The summed E-state index contributed by atoms with van der Waals surface area (Å²) in [6.45, 7) is 4.95. The van der Waals surface area contributed by atoms with Gasteiger partial charge in [-0.05, 0) is 50.2 Å². The maximum atomic E-state index is 12.4. The summed E-state index contributed by atoms with van der Waals surface area (Å²) in [5.74, 6) is -0.147. The number of aryl methyl sites for hydroxylation is 2. The van der Waals surface area contributed by atoms with Gasteiger partial charge in [-0.2, -0.15) is 0 Å². The fraction of sp³-hybridized carbons (Fsp3) is 0.143. The Bertz CT molecular complexity index is 1080. The van der Waals surface area contributed by atoms with Gasteiger partial charge in [0, 0.05) is 45.9 Å². The van der Waals surface area contributed by atoms with Gasteiger partial charge in [-0.1, -0.05) is 18.2 Å². The van der Waals surface area contributed by atoms with Crippen LogP contribution >= 0.6 is 0 Å². The van der Waals surface area contributed by atoms with E-state index in [4.69, 9.17) is 0 Å². The average Bonchev–Trinajstić information content (AvgIpc) is 2.95. The third-order valence-corrected chi connectivity index (χ3v) is 4.52. The molecule has 4 rings (SSSR count). The van der Waals surface area contributed by atoms with E-state index in [-0.39, 0.29) is 5.91 Å². The molecule has 2 aromatic carbocycles. The summed E-state index contributed by atoms with van der Waals surface area (Å²) in [6, 6.07) is 18.1. The summed E-state index contributed by atoms with van der Waals surface area (Å²) in [5, 5.41) is 5.33. The minimum Gasteiger partial charge on any atom is -0.341 e. The fourth-order valence-electron chi connectivity index (χ4n) is 3.28. The summed E-state index contributed by atoms with van der Waals surface area (Å²) >= 11 is 0. The van der Waals surface area contributed by atoms with E-state index in [1.54, 1.807) is 12.3 Å². The van der Waals surface area contributed by atoms with Crippen LogP contribution in [0, 0.1) is 6.92 Å². The molecular formula is C21H19N3O. The normalized spacial score (nSPS) is 11.1. The highest BCUT2D eigenvalue weighted by Crippen LogP contribution is 2.31. The molecule has 0 aliphatic rings. The van der Waals surface area contributed by atoms with Crippen LogP contribution in [0.25, 0.3) is 21.8 Å². The fourth-order valence-corrected chi connectivity index (χ4v) is 3.28. The molecule has 2 aromatic heterocycles. The van der Waals surface area contributed by atoms with Crippen LogP contribution in [0.3, 0.4) is 0 Å². The summed E-state index contributed by atoms with van der Waals surface area (Å²) in [4.78, 5) is 16.6. The molecule has 25 heavy (non-hydrogen) atoms. The summed E-state index contributed by atoms with van der Waals surface area (Å²) in [5.41, 5.74) is 4.63. The zero-order valence-corrected chi connectivity index (χ0v) is 14.3. The van der Waals surface area contributed by atoms with Crippen molar-refractivity contribution in [3.63, 3.8) is 0 Å². The number of rotatable bonds is 3. The van der Waals surface area contributed by atoms with E-state index in [1.165, 1.54) is 16.4 Å². The predicted octanol–water partition coefficient (Wildman–Crippen LogP) is 4.77. The quantitative estimate of drug-likeness (QED) is 0.588. The summed E-state index contributed by atoms with van der Waals surface area (Å²) in [7, 11) is 0. The lowest BCUT2D eigenvalue weighted by Gasteiger charge is -2.07. The molecule has 1 N–H and O–H groups in total. The highest BCUT2D eigenvalue weighted by atomic mass is 16.1. The molecule has 4 nitrogen and oxygen atoms in total. The van der Waals surface area contributed by atoms with Crippen LogP contribution in [0.15, 0.2) is 60.8 Å². The lowest BCUT2D eigenvalue weighted by Crippen LogP contribution is -2.12. The van der Waals surface area contributed by atoms with Gasteiger partial charge in [0.2, 0.25) is 0 Å². The molecule has 0 radical (unpaired) electrons. The van der Waals surface area contributed by atoms with Gasteiger partial charge in [-0.25, -0.2) is 0 Å². The molecule has 4 aromatic rings. The smallest absolute Gasteiger partial charge is 0.257 e. The number of amides is 1. The first-order chi connectivity index (χ1) is 12.2. The van der Waals surface area contributed by atoms with E-state index in [2.05, 4.69) is 46.1 Å². The zero-order chi connectivity index (χ0) is 17.4. The van der Waals surface area contributed by atoms with E-state index in [9.17, 15) is 4.79 Å². The Kier molecular flexibility index (Phi) is 3.73. The second kappa shape index (κ2) is 6.06. The Balaban J connectivity index is 1.75. The lowest BCUT2D eigenvalue weighted by atomic mass is 10.1. The van der Waals surface area contributed by atoms with E-state index in [0.29, 0.717) is 5.56 Å². The molecule has 0 atom stereocenters. The number of hydrogen-bond donors (Lipinski definition) is 1. The first-order valence-corrected chi connectivity index (χ1v) is 8.42. The standard InChI is InChI=1S/C21H19N3O/c1-3-24-19-7-5-4-6-17(19)18-12-16(10-11-20(18)24)23-21(25)15-9-8-14(2)22-13-15/h4-13H,3H2,1-2H3,(H,23,25). The minimum absolute atomic E-state index is 0.147. The maximum Gasteiger partial charge on any atom is 0.257 e. The largest absolute Gasteiger partial charge is 0.341 e. The number of aromatic nitrogens is 2. The highest BCUT2D eigenvalue weighted by molar-refractivity contribution is 6.11. The van der Waals surface area contributed by atoms with E-state index >= 15 is 0 Å².